The van der Waals surface area contributed by atoms with Gasteiger partial charge in [0, 0.05) is 45.7 Å². The average Bonchev–Trinajstić information content (AvgIpc) is 3.13. The topological polar surface area (TPSA) is 70.1 Å². The van der Waals surface area contributed by atoms with Crippen LogP contribution in [0.4, 0.5) is 4.79 Å². The Morgan fingerprint density at radius 2 is 1.96 bits per heavy atom. The highest BCUT2D eigenvalue weighted by molar-refractivity contribution is 7.18. The van der Waals surface area contributed by atoms with Crippen molar-refractivity contribution in [1.29, 1.82) is 0 Å². The Labute approximate surface area is 170 Å². The average molecular weight is 404 g/mol. The molecular formula is C20H29N5O2S. The Kier molecular flexibility index (Phi) is 7.47. The molecule has 8 heteroatoms. The number of aliphatic imine (C=N–C) groups is 1. The van der Waals surface area contributed by atoms with Crippen LogP contribution in [0.3, 0.4) is 0 Å². The fraction of sp³-hybridized carbons (Fsp3) is 0.550. The molecule has 1 amide bonds. The van der Waals surface area contributed by atoms with Gasteiger partial charge in [-0.15, -0.1) is 11.3 Å². The van der Waals surface area contributed by atoms with E-state index in [1.807, 2.05) is 13.0 Å². The maximum absolute atomic E-state index is 11.8. The van der Waals surface area contributed by atoms with Gasteiger partial charge in [0.2, 0.25) is 0 Å². The molecule has 1 aliphatic heterocycles. The number of hydrogen-bond donors (Lipinski definition) is 1. The predicted octanol–water partition coefficient (Wildman–Crippen LogP) is 2.97. The Hall–Kier alpha value is -2.35. The van der Waals surface area contributed by atoms with Gasteiger partial charge in [-0.05, 0) is 32.4 Å². The van der Waals surface area contributed by atoms with Crippen LogP contribution in [0.5, 0.6) is 0 Å². The van der Waals surface area contributed by atoms with E-state index in [-0.39, 0.29) is 6.09 Å². The highest BCUT2D eigenvalue weighted by Gasteiger charge is 2.23. The summed E-state index contributed by atoms with van der Waals surface area (Å²) in [6, 6.07) is 8.26. The summed E-state index contributed by atoms with van der Waals surface area (Å²) >= 11 is 1.77. The van der Waals surface area contributed by atoms with Crippen molar-refractivity contribution in [1.82, 2.24) is 20.1 Å². The Balaban J connectivity index is 1.49. The molecule has 0 spiro atoms. The molecule has 0 unspecified atom stereocenters. The summed E-state index contributed by atoms with van der Waals surface area (Å²) in [6.07, 6.45) is 1.69. The molecular weight excluding hydrogens is 374 g/mol. The van der Waals surface area contributed by atoms with Crippen molar-refractivity contribution in [2.24, 2.45) is 4.99 Å². The molecule has 1 saturated heterocycles. The van der Waals surface area contributed by atoms with E-state index in [0.29, 0.717) is 19.7 Å². The van der Waals surface area contributed by atoms with E-state index >= 15 is 0 Å². The van der Waals surface area contributed by atoms with Gasteiger partial charge in [0.25, 0.3) is 0 Å². The third-order valence-corrected chi connectivity index (χ3v) is 5.68. The summed E-state index contributed by atoms with van der Waals surface area (Å²) in [5.74, 6) is 0.926. The minimum Gasteiger partial charge on any atom is -0.450 e. The van der Waals surface area contributed by atoms with Crippen LogP contribution in [0.1, 0.15) is 25.3 Å². The monoisotopic (exact) mass is 403 g/mol. The van der Waals surface area contributed by atoms with Crippen LogP contribution in [0.15, 0.2) is 29.3 Å². The van der Waals surface area contributed by atoms with Crippen LogP contribution in [-0.4, -0.2) is 72.7 Å². The maximum atomic E-state index is 11.8. The number of ether oxygens (including phenoxy) is 1. The van der Waals surface area contributed by atoms with Gasteiger partial charge < -0.3 is 19.9 Å². The predicted molar refractivity (Wildman–Crippen MR) is 114 cm³/mol. The summed E-state index contributed by atoms with van der Waals surface area (Å²) < 4.78 is 6.33. The summed E-state index contributed by atoms with van der Waals surface area (Å²) in [5.41, 5.74) is 1.08. The number of nitrogens with one attached hydrogen (secondary N) is 1. The molecule has 7 nitrogen and oxygen atoms in total. The van der Waals surface area contributed by atoms with Gasteiger partial charge in [-0.1, -0.05) is 12.1 Å². The summed E-state index contributed by atoms with van der Waals surface area (Å²) in [7, 11) is 0. The maximum Gasteiger partial charge on any atom is 0.409 e. The van der Waals surface area contributed by atoms with Crippen LogP contribution in [0.25, 0.3) is 10.2 Å². The number of amides is 1. The molecule has 2 heterocycles. The molecule has 2 aromatic rings. The molecule has 152 valence electrons. The number of piperazine rings is 1. The lowest BCUT2D eigenvalue weighted by atomic mass is 10.3. The number of nitrogens with zero attached hydrogens (tertiary/aromatic N) is 4. The van der Waals surface area contributed by atoms with Gasteiger partial charge in [0.15, 0.2) is 5.96 Å². The van der Waals surface area contributed by atoms with Crippen molar-refractivity contribution >= 4 is 33.6 Å². The quantitative estimate of drug-likeness (QED) is 0.456. The Bertz CT molecular complexity index is 766. The second kappa shape index (κ2) is 10.3. The van der Waals surface area contributed by atoms with E-state index in [0.717, 1.165) is 50.5 Å². The summed E-state index contributed by atoms with van der Waals surface area (Å²) in [4.78, 5) is 25.3. The molecule has 0 bridgehead atoms. The van der Waals surface area contributed by atoms with E-state index < -0.39 is 0 Å². The van der Waals surface area contributed by atoms with Gasteiger partial charge >= 0.3 is 6.09 Å². The fourth-order valence-corrected chi connectivity index (χ4v) is 4.19. The standard InChI is InChI=1S/C20H29N5O2S/c1-3-21-19(24-12-14-25(15-13-24)20(26)27-4-2)22-11-7-10-18-23-16-8-5-6-9-17(16)28-18/h5-6,8-9H,3-4,7,10-15H2,1-2H3,(H,21,22). The number of hydrogen-bond acceptors (Lipinski definition) is 5. The Morgan fingerprint density at radius 1 is 1.21 bits per heavy atom. The molecule has 1 aromatic carbocycles. The van der Waals surface area contributed by atoms with Crippen LogP contribution >= 0.6 is 11.3 Å². The zero-order valence-corrected chi connectivity index (χ0v) is 17.5. The van der Waals surface area contributed by atoms with E-state index in [2.05, 4.69) is 35.3 Å². The first kappa shape index (κ1) is 20.4. The number of guanidine groups is 1. The molecule has 28 heavy (non-hydrogen) atoms. The van der Waals surface area contributed by atoms with Gasteiger partial charge in [0.05, 0.1) is 21.8 Å². The first-order chi connectivity index (χ1) is 13.7. The molecule has 0 atom stereocenters. The number of fused-ring (bicyclic) bond motifs is 1. The highest BCUT2D eigenvalue weighted by Crippen LogP contribution is 2.22. The van der Waals surface area contributed by atoms with Crippen LogP contribution in [0.2, 0.25) is 0 Å². The SMILES string of the molecule is CCNC(=NCCCc1nc2ccccc2s1)N1CCN(C(=O)OCC)CC1. The first-order valence-electron chi connectivity index (χ1n) is 10.0. The molecule has 1 fully saturated rings. The lowest BCUT2D eigenvalue weighted by Crippen LogP contribution is -2.53. The zero-order valence-electron chi connectivity index (χ0n) is 16.7. The number of thiazole rings is 1. The van der Waals surface area contributed by atoms with E-state index in [1.54, 1.807) is 16.2 Å². The van der Waals surface area contributed by atoms with Crippen molar-refractivity contribution in [3.63, 3.8) is 0 Å². The van der Waals surface area contributed by atoms with Crippen molar-refractivity contribution in [3.8, 4) is 0 Å². The zero-order chi connectivity index (χ0) is 19.8. The number of para-hydroxylation sites is 1. The summed E-state index contributed by atoms with van der Waals surface area (Å²) in [6.45, 7) is 8.77. The van der Waals surface area contributed by atoms with E-state index in [1.165, 1.54) is 9.71 Å². The largest absolute Gasteiger partial charge is 0.450 e. The molecule has 0 aliphatic carbocycles. The lowest BCUT2D eigenvalue weighted by Gasteiger charge is -2.35. The van der Waals surface area contributed by atoms with E-state index in [9.17, 15) is 4.79 Å². The smallest absolute Gasteiger partial charge is 0.409 e. The fourth-order valence-electron chi connectivity index (χ4n) is 3.18. The van der Waals surface area contributed by atoms with Crippen LogP contribution < -0.4 is 5.32 Å². The van der Waals surface area contributed by atoms with Gasteiger partial charge in [-0.25, -0.2) is 9.78 Å². The lowest BCUT2D eigenvalue weighted by molar-refractivity contribution is 0.0914. The number of benzene rings is 1. The van der Waals surface area contributed by atoms with Crippen molar-refractivity contribution in [2.45, 2.75) is 26.7 Å². The number of carbonyl (C=O) groups excluding carboxylic acids is 1. The van der Waals surface area contributed by atoms with Crippen molar-refractivity contribution < 1.29 is 9.53 Å². The third kappa shape index (κ3) is 5.34. The first-order valence-corrected chi connectivity index (χ1v) is 10.8. The van der Waals surface area contributed by atoms with Crippen molar-refractivity contribution in [3.05, 3.63) is 29.3 Å². The molecule has 3 rings (SSSR count). The summed E-state index contributed by atoms with van der Waals surface area (Å²) in [5, 5.41) is 4.54. The number of aryl methyl sites for hydroxylation is 1. The molecule has 0 saturated carbocycles. The normalized spacial score (nSPS) is 15.1. The van der Waals surface area contributed by atoms with Crippen LogP contribution in [-0.2, 0) is 11.2 Å². The molecule has 1 aromatic heterocycles. The van der Waals surface area contributed by atoms with Gasteiger partial charge in [-0.3, -0.25) is 4.99 Å². The molecule has 1 N–H and O–H groups in total. The molecule has 0 radical (unpaired) electrons. The van der Waals surface area contributed by atoms with Crippen molar-refractivity contribution in [2.75, 3.05) is 45.9 Å². The molecule has 1 aliphatic rings. The third-order valence-electron chi connectivity index (χ3n) is 4.59. The van der Waals surface area contributed by atoms with Gasteiger partial charge in [0.1, 0.15) is 0 Å². The Morgan fingerprint density at radius 3 is 2.68 bits per heavy atom. The highest BCUT2D eigenvalue weighted by atomic mass is 32.1. The minimum absolute atomic E-state index is 0.222. The number of aromatic nitrogens is 1. The van der Waals surface area contributed by atoms with Gasteiger partial charge in [-0.2, -0.15) is 0 Å². The van der Waals surface area contributed by atoms with Crippen LogP contribution in [0, 0.1) is 0 Å². The number of carbonyl (C=O) groups is 1. The second-order valence-corrected chi connectivity index (χ2v) is 7.70. The number of rotatable bonds is 6. The minimum atomic E-state index is -0.222. The second-order valence-electron chi connectivity index (χ2n) is 6.59. The van der Waals surface area contributed by atoms with E-state index in [4.69, 9.17) is 14.7 Å².